The number of carbonyl (C=O) groups excluding carboxylic acids is 1. The molecular weight excluding hydrogens is 424 g/mol. The van der Waals surface area contributed by atoms with Crippen LogP contribution in [0.15, 0.2) is 83.5 Å². The van der Waals surface area contributed by atoms with Crippen molar-refractivity contribution in [1.82, 2.24) is 14.9 Å². The third kappa shape index (κ3) is 4.09. The highest BCUT2D eigenvalue weighted by Gasteiger charge is 2.25. The molecule has 3 heterocycles. The molecule has 160 valence electrons. The molecule has 1 amide bonds. The van der Waals surface area contributed by atoms with Crippen molar-refractivity contribution in [3.63, 3.8) is 0 Å². The summed E-state index contributed by atoms with van der Waals surface area (Å²) in [5.41, 5.74) is 2.23. The second-order valence-corrected chi connectivity index (χ2v) is 7.99. The highest BCUT2D eigenvalue weighted by molar-refractivity contribution is 6.30. The van der Waals surface area contributed by atoms with E-state index in [1.54, 1.807) is 12.4 Å². The lowest BCUT2D eigenvalue weighted by Gasteiger charge is -2.35. The lowest BCUT2D eigenvalue weighted by Crippen LogP contribution is -2.49. The molecular formula is C25H21ClN4O2. The van der Waals surface area contributed by atoms with Crippen LogP contribution in [0, 0.1) is 0 Å². The largest absolute Gasteiger partial charge is 0.436 e. The fourth-order valence-electron chi connectivity index (χ4n) is 3.85. The van der Waals surface area contributed by atoms with E-state index in [1.165, 1.54) is 0 Å². The van der Waals surface area contributed by atoms with E-state index in [0.717, 1.165) is 11.4 Å². The number of hydrogen-bond donors (Lipinski definition) is 0. The topological polar surface area (TPSA) is 62.5 Å². The zero-order valence-electron chi connectivity index (χ0n) is 17.3. The van der Waals surface area contributed by atoms with Gasteiger partial charge in [-0.1, -0.05) is 54.1 Å². The quantitative estimate of drug-likeness (QED) is 0.442. The molecule has 1 aliphatic heterocycles. The van der Waals surface area contributed by atoms with Gasteiger partial charge in [-0.3, -0.25) is 4.79 Å². The summed E-state index contributed by atoms with van der Waals surface area (Å²) in [4.78, 5) is 26.2. The van der Waals surface area contributed by atoms with Crippen molar-refractivity contribution in [2.45, 2.75) is 0 Å². The van der Waals surface area contributed by atoms with E-state index in [0.29, 0.717) is 54.0 Å². The molecule has 1 fully saturated rings. The molecule has 1 saturated heterocycles. The molecule has 0 spiro atoms. The number of nitrogens with zero attached hydrogens (tertiary/aromatic N) is 4. The third-order valence-corrected chi connectivity index (χ3v) is 5.78. The summed E-state index contributed by atoms with van der Waals surface area (Å²) < 4.78 is 6.01. The van der Waals surface area contributed by atoms with E-state index in [2.05, 4.69) is 14.9 Å². The van der Waals surface area contributed by atoms with Crippen molar-refractivity contribution >= 4 is 23.3 Å². The van der Waals surface area contributed by atoms with Crippen LogP contribution in [0.1, 0.15) is 10.4 Å². The molecule has 2 aromatic heterocycles. The Morgan fingerprint density at radius 3 is 2.34 bits per heavy atom. The number of rotatable bonds is 4. The molecule has 0 unspecified atom stereocenters. The molecule has 0 radical (unpaired) electrons. The van der Waals surface area contributed by atoms with Crippen LogP contribution in [0.2, 0.25) is 5.02 Å². The van der Waals surface area contributed by atoms with Gasteiger partial charge in [0.15, 0.2) is 5.76 Å². The molecule has 4 aromatic rings. The Morgan fingerprint density at radius 1 is 0.844 bits per heavy atom. The van der Waals surface area contributed by atoms with Gasteiger partial charge >= 0.3 is 0 Å². The Hall–Kier alpha value is -3.64. The van der Waals surface area contributed by atoms with Crippen LogP contribution in [0.25, 0.3) is 22.8 Å². The lowest BCUT2D eigenvalue weighted by atomic mass is 10.1. The number of oxazole rings is 1. The fraction of sp³-hybridized carbons (Fsp3) is 0.160. The van der Waals surface area contributed by atoms with Gasteiger partial charge < -0.3 is 14.2 Å². The first kappa shape index (κ1) is 20.3. The minimum atomic E-state index is -0.0243. The van der Waals surface area contributed by atoms with Crippen LogP contribution in [-0.4, -0.2) is 47.0 Å². The van der Waals surface area contributed by atoms with Gasteiger partial charge in [0.2, 0.25) is 5.89 Å². The number of benzene rings is 2. The number of aromatic nitrogens is 2. The summed E-state index contributed by atoms with van der Waals surface area (Å²) in [6.07, 6.45) is 3.34. The summed E-state index contributed by atoms with van der Waals surface area (Å²) in [5, 5.41) is 0.612. The van der Waals surface area contributed by atoms with Crippen LogP contribution >= 0.6 is 11.6 Å². The smallest absolute Gasteiger partial charge is 0.254 e. The molecule has 0 aliphatic carbocycles. The molecule has 0 bridgehead atoms. The van der Waals surface area contributed by atoms with Gasteiger partial charge in [0.25, 0.3) is 5.91 Å². The molecule has 32 heavy (non-hydrogen) atoms. The van der Waals surface area contributed by atoms with Gasteiger partial charge in [0, 0.05) is 43.5 Å². The van der Waals surface area contributed by atoms with Crippen LogP contribution in [-0.2, 0) is 0 Å². The maximum absolute atomic E-state index is 13.4. The van der Waals surface area contributed by atoms with Gasteiger partial charge in [-0.15, -0.1) is 0 Å². The highest BCUT2D eigenvalue weighted by atomic mass is 35.5. The Morgan fingerprint density at radius 2 is 1.59 bits per heavy atom. The Kier molecular flexibility index (Phi) is 5.60. The minimum Gasteiger partial charge on any atom is -0.436 e. The van der Waals surface area contributed by atoms with Crippen molar-refractivity contribution in [2.24, 2.45) is 0 Å². The highest BCUT2D eigenvalue weighted by Crippen LogP contribution is 2.29. The van der Waals surface area contributed by atoms with E-state index in [1.807, 2.05) is 71.6 Å². The van der Waals surface area contributed by atoms with E-state index >= 15 is 0 Å². The van der Waals surface area contributed by atoms with Crippen molar-refractivity contribution in [1.29, 1.82) is 0 Å². The number of halogens is 1. The number of pyridine rings is 1. The molecule has 2 aromatic carbocycles. The number of anilines is 1. The SMILES string of the molecule is O=C(c1ccccc1-c1ncc(-c2ccccc2)o1)N1CCN(c2ccc(Cl)cn2)CC1. The maximum atomic E-state index is 13.4. The summed E-state index contributed by atoms with van der Waals surface area (Å²) in [6.45, 7) is 2.63. The van der Waals surface area contributed by atoms with E-state index < -0.39 is 0 Å². The third-order valence-electron chi connectivity index (χ3n) is 5.55. The molecule has 0 N–H and O–H groups in total. The molecule has 0 saturated carbocycles. The van der Waals surface area contributed by atoms with Gasteiger partial charge in [-0.05, 0) is 24.3 Å². The average Bonchev–Trinajstić information content (AvgIpc) is 3.35. The van der Waals surface area contributed by atoms with Crippen LogP contribution in [0.5, 0.6) is 0 Å². The monoisotopic (exact) mass is 444 g/mol. The summed E-state index contributed by atoms with van der Waals surface area (Å²) in [7, 11) is 0. The van der Waals surface area contributed by atoms with E-state index in [4.69, 9.17) is 16.0 Å². The fourth-order valence-corrected chi connectivity index (χ4v) is 3.97. The van der Waals surface area contributed by atoms with Gasteiger partial charge in [0.05, 0.1) is 16.8 Å². The van der Waals surface area contributed by atoms with Crippen molar-refractivity contribution in [2.75, 3.05) is 31.1 Å². The van der Waals surface area contributed by atoms with Gasteiger partial charge in [-0.2, -0.15) is 0 Å². The van der Waals surface area contributed by atoms with Crippen LogP contribution < -0.4 is 4.90 Å². The second kappa shape index (κ2) is 8.85. The first-order valence-corrected chi connectivity index (χ1v) is 10.8. The minimum absolute atomic E-state index is 0.0243. The number of piperazine rings is 1. The summed E-state index contributed by atoms with van der Waals surface area (Å²) in [6, 6.07) is 21.0. The van der Waals surface area contributed by atoms with Crippen molar-refractivity contribution < 1.29 is 9.21 Å². The predicted octanol–water partition coefficient (Wildman–Crippen LogP) is 5.02. The molecule has 6 nitrogen and oxygen atoms in total. The predicted molar refractivity (Wildman–Crippen MR) is 125 cm³/mol. The normalized spacial score (nSPS) is 13.9. The maximum Gasteiger partial charge on any atom is 0.254 e. The molecule has 0 atom stereocenters. The van der Waals surface area contributed by atoms with Gasteiger partial charge in [0.1, 0.15) is 5.82 Å². The zero-order chi connectivity index (χ0) is 21.9. The average molecular weight is 445 g/mol. The molecule has 1 aliphatic rings. The second-order valence-electron chi connectivity index (χ2n) is 7.56. The van der Waals surface area contributed by atoms with Gasteiger partial charge in [-0.25, -0.2) is 9.97 Å². The first-order chi connectivity index (χ1) is 15.7. The summed E-state index contributed by atoms with van der Waals surface area (Å²) >= 11 is 5.94. The molecule has 7 heteroatoms. The Bertz CT molecular complexity index is 1220. The van der Waals surface area contributed by atoms with Crippen molar-refractivity contribution in [3.8, 4) is 22.8 Å². The number of amides is 1. The molecule has 5 rings (SSSR count). The number of carbonyl (C=O) groups is 1. The zero-order valence-corrected chi connectivity index (χ0v) is 18.1. The van der Waals surface area contributed by atoms with E-state index in [9.17, 15) is 4.79 Å². The standard InChI is InChI=1S/C25H21ClN4O2/c26-19-10-11-23(27-16-19)29-12-14-30(15-13-29)25(31)21-9-5-4-8-20(21)24-28-17-22(32-24)18-6-2-1-3-7-18/h1-11,16-17H,12-15H2. The first-order valence-electron chi connectivity index (χ1n) is 10.5. The van der Waals surface area contributed by atoms with Crippen molar-refractivity contribution in [3.05, 3.63) is 89.7 Å². The van der Waals surface area contributed by atoms with Crippen LogP contribution in [0.4, 0.5) is 5.82 Å². The van der Waals surface area contributed by atoms with Crippen LogP contribution in [0.3, 0.4) is 0 Å². The lowest BCUT2D eigenvalue weighted by molar-refractivity contribution is 0.0747. The van der Waals surface area contributed by atoms with E-state index in [-0.39, 0.29) is 5.91 Å². The Balaban J connectivity index is 1.34. The summed E-state index contributed by atoms with van der Waals surface area (Å²) in [5.74, 6) is 1.96. The number of hydrogen-bond acceptors (Lipinski definition) is 5. The Labute approximate surface area is 191 Å².